The number of carbonyl (C=O) groups excluding carboxylic acids is 2. The van der Waals surface area contributed by atoms with Gasteiger partial charge in [-0.25, -0.2) is 9.67 Å². The predicted molar refractivity (Wildman–Crippen MR) is 88.3 cm³/mol. The lowest BCUT2D eigenvalue weighted by molar-refractivity contribution is -0.138. The molecule has 1 saturated heterocycles. The molecule has 0 aliphatic carbocycles. The SMILES string of the molecule is C[C@@H](c1ccc(-n2cncn2)cc1)N(C)C(=O)[C@@H]1CCC(=O)NC1. The Hall–Kier alpha value is -2.70. The van der Waals surface area contributed by atoms with E-state index in [2.05, 4.69) is 15.4 Å². The molecule has 0 bridgehead atoms. The minimum Gasteiger partial charge on any atom is -0.355 e. The van der Waals surface area contributed by atoms with Crippen molar-refractivity contribution in [3.8, 4) is 5.69 Å². The monoisotopic (exact) mass is 327 g/mol. The minimum atomic E-state index is -0.135. The highest BCUT2D eigenvalue weighted by molar-refractivity contribution is 5.83. The highest BCUT2D eigenvalue weighted by Crippen LogP contribution is 2.23. The first-order valence-electron chi connectivity index (χ1n) is 8.04. The highest BCUT2D eigenvalue weighted by atomic mass is 16.2. The molecule has 24 heavy (non-hydrogen) atoms. The standard InChI is InChI=1S/C17H21N5O2/c1-12(21(2)17(24)14-5-8-16(23)19-9-14)13-3-6-15(7-4-13)22-11-18-10-20-22/h3-4,6-7,10-12,14H,5,8-9H2,1-2H3,(H,19,23)/t12-,14+/m0/s1. The van der Waals surface area contributed by atoms with Crippen LogP contribution in [0.1, 0.15) is 31.4 Å². The van der Waals surface area contributed by atoms with Crippen molar-refractivity contribution in [3.63, 3.8) is 0 Å². The smallest absolute Gasteiger partial charge is 0.227 e. The van der Waals surface area contributed by atoms with Crippen LogP contribution in [0, 0.1) is 5.92 Å². The van der Waals surface area contributed by atoms with Crippen molar-refractivity contribution in [3.05, 3.63) is 42.5 Å². The van der Waals surface area contributed by atoms with Gasteiger partial charge in [-0.1, -0.05) is 12.1 Å². The number of benzene rings is 1. The number of nitrogens with one attached hydrogen (secondary N) is 1. The third kappa shape index (κ3) is 3.29. The van der Waals surface area contributed by atoms with Crippen molar-refractivity contribution < 1.29 is 9.59 Å². The Bertz CT molecular complexity index is 701. The summed E-state index contributed by atoms with van der Waals surface area (Å²) in [6.45, 7) is 2.43. The van der Waals surface area contributed by atoms with Gasteiger partial charge in [0.2, 0.25) is 11.8 Å². The average molecular weight is 327 g/mol. The van der Waals surface area contributed by atoms with E-state index in [1.54, 1.807) is 15.9 Å². The van der Waals surface area contributed by atoms with Crippen molar-refractivity contribution in [2.24, 2.45) is 5.92 Å². The van der Waals surface area contributed by atoms with E-state index in [0.717, 1.165) is 11.3 Å². The number of amides is 2. The molecule has 1 aliphatic rings. The van der Waals surface area contributed by atoms with Crippen molar-refractivity contribution in [2.75, 3.05) is 13.6 Å². The molecule has 1 aromatic carbocycles. The van der Waals surface area contributed by atoms with E-state index in [-0.39, 0.29) is 23.8 Å². The fraction of sp³-hybridized carbons (Fsp3) is 0.412. The first-order chi connectivity index (χ1) is 11.6. The van der Waals surface area contributed by atoms with Gasteiger partial charge < -0.3 is 10.2 Å². The molecule has 0 radical (unpaired) electrons. The summed E-state index contributed by atoms with van der Waals surface area (Å²) in [5, 5.41) is 6.87. The second-order valence-corrected chi connectivity index (χ2v) is 6.10. The van der Waals surface area contributed by atoms with Crippen LogP contribution in [-0.4, -0.2) is 45.1 Å². The lowest BCUT2D eigenvalue weighted by Crippen LogP contribution is -2.44. The van der Waals surface area contributed by atoms with Gasteiger partial charge in [0, 0.05) is 20.0 Å². The summed E-state index contributed by atoms with van der Waals surface area (Å²) in [6, 6.07) is 7.86. The van der Waals surface area contributed by atoms with Crippen LogP contribution in [0.5, 0.6) is 0 Å². The summed E-state index contributed by atoms with van der Waals surface area (Å²) in [4.78, 5) is 29.6. The first-order valence-corrected chi connectivity index (χ1v) is 8.04. The third-order valence-electron chi connectivity index (χ3n) is 4.60. The molecule has 7 nitrogen and oxygen atoms in total. The molecule has 0 saturated carbocycles. The molecule has 0 unspecified atom stereocenters. The summed E-state index contributed by atoms with van der Waals surface area (Å²) in [6.07, 6.45) is 4.18. The molecule has 1 aliphatic heterocycles. The van der Waals surface area contributed by atoms with E-state index in [9.17, 15) is 9.59 Å². The van der Waals surface area contributed by atoms with Crippen LogP contribution < -0.4 is 5.32 Å². The number of piperidine rings is 1. The van der Waals surface area contributed by atoms with Gasteiger partial charge in [-0.2, -0.15) is 5.10 Å². The molecule has 1 fully saturated rings. The van der Waals surface area contributed by atoms with Crippen LogP contribution in [0.2, 0.25) is 0 Å². The molecule has 2 amide bonds. The third-order valence-corrected chi connectivity index (χ3v) is 4.60. The summed E-state index contributed by atoms with van der Waals surface area (Å²) in [5.41, 5.74) is 1.97. The second kappa shape index (κ2) is 6.82. The Morgan fingerprint density at radius 1 is 1.38 bits per heavy atom. The Labute approximate surface area is 140 Å². The van der Waals surface area contributed by atoms with Crippen LogP contribution in [0.15, 0.2) is 36.9 Å². The van der Waals surface area contributed by atoms with Gasteiger partial charge >= 0.3 is 0 Å². The maximum Gasteiger partial charge on any atom is 0.227 e. The van der Waals surface area contributed by atoms with Crippen molar-refractivity contribution >= 4 is 11.8 Å². The zero-order chi connectivity index (χ0) is 17.1. The van der Waals surface area contributed by atoms with Gasteiger partial charge in [0.1, 0.15) is 12.7 Å². The zero-order valence-corrected chi connectivity index (χ0v) is 13.8. The second-order valence-electron chi connectivity index (χ2n) is 6.10. The summed E-state index contributed by atoms with van der Waals surface area (Å²) in [5.74, 6) is -0.0362. The Morgan fingerprint density at radius 3 is 2.71 bits per heavy atom. The predicted octanol–water partition coefficient (Wildman–Crippen LogP) is 1.31. The Balaban J connectivity index is 1.67. The highest BCUT2D eigenvalue weighted by Gasteiger charge is 2.29. The first kappa shape index (κ1) is 16.2. The number of rotatable bonds is 4. The Kier molecular flexibility index (Phi) is 4.59. The lowest BCUT2D eigenvalue weighted by atomic mass is 9.96. The maximum atomic E-state index is 12.6. The number of aromatic nitrogens is 3. The van der Waals surface area contributed by atoms with Gasteiger partial charge in [0.25, 0.3) is 0 Å². The molecular formula is C17H21N5O2. The van der Waals surface area contributed by atoms with E-state index in [1.165, 1.54) is 6.33 Å². The summed E-state index contributed by atoms with van der Waals surface area (Å²) >= 11 is 0. The van der Waals surface area contributed by atoms with Gasteiger partial charge in [0.15, 0.2) is 0 Å². The molecule has 0 spiro atoms. The van der Waals surface area contributed by atoms with E-state index in [1.807, 2.05) is 38.2 Å². The van der Waals surface area contributed by atoms with Crippen molar-refractivity contribution in [1.29, 1.82) is 0 Å². The minimum absolute atomic E-state index is 0.0263. The Morgan fingerprint density at radius 2 is 2.12 bits per heavy atom. The van der Waals surface area contributed by atoms with E-state index in [4.69, 9.17) is 0 Å². The number of hydrogen-bond donors (Lipinski definition) is 1. The summed E-state index contributed by atoms with van der Waals surface area (Å²) < 4.78 is 1.69. The van der Waals surface area contributed by atoms with Crippen molar-refractivity contribution in [1.82, 2.24) is 25.0 Å². The van der Waals surface area contributed by atoms with Crippen LogP contribution in [0.25, 0.3) is 5.69 Å². The average Bonchev–Trinajstić information content (AvgIpc) is 3.15. The largest absolute Gasteiger partial charge is 0.355 e. The molecule has 3 rings (SSSR count). The maximum absolute atomic E-state index is 12.6. The lowest BCUT2D eigenvalue weighted by Gasteiger charge is -2.31. The van der Waals surface area contributed by atoms with E-state index < -0.39 is 0 Å². The number of carbonyl (C=O) groups is 2. The summed E-state index contributed by atoms with van der Waals surface area (Å²) in [7, 11) is 1.81. The normalized spacial score (nSPS) is 18.8. The van der Waals surface area contributed by atoms with Gasteiger partial charge in [0.05, 0.1) is 17.6 Å². The molecule has 2 heterocycles. The van der Waals surface area contributed by atoms with Crippen LogP contribution in [0.4, 0.5) is 0 Å². The molecule has 1 N–H and O–H groups in total. The van der Waals surface area contributed by atoms with Crippen molar-refractivity contribution in [2.45, 2.75) is 25.8 Å². The van der Waals surface area contributed by atoms with Crippen LogP contribution in [-0.2, 0) is 9.59 Å². The molecule has 2 aromatic rings. The van der Waals surface area contributed by atoms with Gasteiger partial charge in [-0.3, -0.25) is 9.59 Å². The van der Waals surface area contributed by atoms with E-state index in [0.29, 0.717) is 19.4 Å². The topological polar surface area (TPSA) is 80.1 Å². The van der Waals surface area contributed by atoms with Crippen LogP contribution in [0.3, 0.4) is 0 Å². The molecular weight excluding hydrogens is 306 g/mol. The van der Waals surface area contributed by atoms with E-state index >= 15 is 0 Å². The molecule has 126 valence electrons. The molecule has 7 heteroatoms. The fourth-order valence-corrected chi connectivity index (χ4v) is 2.89. The van der Waals surface area contributed by atoms with Gasteiger partial charge in [-0.15, -0.1) is 0 Å². The number of hydrogen-bond acceptors (Lipinski definition) is 4. The zero-order valence-electron chi connectivity index (χ0n) is 13.8. The fourth-order valence-electron chi connectivity index (χ4n) is 2.89. The van der Waals surface area contributed by atoms with Crippen LogP contribution >= 0.6 is 0 Å². The van der Waals surface area contributed by atoms with Gasteiger partial charge in [-0.05, 0) is 31.0 Å². The number of nitrogens with zero attached hydrogens (tertiary/aromatic N) is 4. The molecule has 2 atom stereocenters. The quantitative estimate of drug-likeness (QED) is 0.918. The molecule has 1 aromatic heterocycles.